The molecule has 1 aromatic carbocycles. The Morgan fingerprint density at radius 3 is 2.65 bits per heavy atom. The minimum atomic E-state index is 0.331. The molecule has 0 spiro atoms. The Kier molecular flexibility index (Phi) is 4.30. The molecule has 0 unspecified atom stereocenters. The Morgan fingerprint density at radius 2 is 1.92 bits per heavy atom. The van der Waals surface area contributed by atoms with E-state index in [0.717, 1.165) is 17.0 Å². The summed E-state index contributed by atoms with van der Waals surface area (Å²) in [7, 11) is 0. The van der Waals surface area contributed by atoms with Crippen LogP contribution >= 0.6 is 11.6 Å². The number of halogens is 1. The highest BCUT2D eigenvalue weighted by Gasteiger charge is 2.15. The first-order valence-electron chi connectivity index (χ1n) is 8.16. The van der Waals surface area contributed by atoms with Gasteiger partial charge in [-0.15, -0.1) is 10.2 Å². The van der Waals surface area contributed by atoms with Gasteiger partial charge in [-0.2, -0.15) is 5.10 Å². The van der Waals surface area contributed by atoms with Gasteiger partial charge in [0.15, 0.2) is 11.5 Å². The van der Waals surface area contributed by atoms with E-state index in [1.165, 1.54) is 0 Å². The van der Waals surface area contributed by atoms with Gasteiger partial charge in [0, 0.05) is 24.6 Å². The van der Waals surface area contributed by atoms with Gasteiger partial charge in [0.1, 0.15) is 0 Å². The van der Waals surface area contributed by atoms with E-state index in [4.69, 9.17) is 20.5 Å². The quantitative estimate of drug-likeness (QED) is 0.526. The van der Waals surface area contributed by atoms with E-state index >= 15 is 0 Å². The predicted molar refractivity (Wildman–Crippen MR) is 95.6 cm³/mol. The molecule has 0 saturated heterocycles. The summed E-state index contributed by atoms with van der Waals surface area (Å²) in [5.41, 5.74) is 3.18. The summed E-state index contributed by atoms with van der Waals surface area (Å²) >= 11 is 6.16. The van der Waals surface area contributed by atoms with E-state index < -0.39 is 0 Å². The van der Waals surface area contributed by atoms with Crippen molar-refractivity contribution < 1.29 is 8.94 Å². The lowest BCUT2D eigenvalue weighted by Gasteiger charge is -2.01. The van der Waals surface area contributed by atoms with Crippen molar-refractivity contribution in [2.24, 2.45) is 0 Å². The van der Waals surface area contributed by atoms with Gasteiger partial charge in [-0.05, 0) is 13.8 Å². The normalized spacial score (nSPS) is 11.2. The van der Waals surface area contributed by atoms with Crippen LogP contribution in [0.5, 0.6) is 0 Å². The molecule has 0 saturated carbocycles. The van der Waals surface area contributed by atoms with Gasteiger partial charge in [-0.1, -0.05) is 47.1 Å². The zero-order chi connectivity index (χ0) is 18.1. The molecule has 0 radical (unpaired) electrons. The van der Waals surface area contributed by atoms with Gasteiger partial charge in [0.25, 0.3) is 5.89 Å². The number of hydrogen-bond acceptors (Lipinski definition) is 6. The number of aryl methyl sites for hydroxylation is 3. The molecule has 3 aromatic heterocycles. The van der Waals surface area contributed by atoms with Crippen molar-refractivity contribution in [2.75, 3.05) is 0 Å². The third-order valence-electron chi connectivity index (χ3n) is 4.09. The maximum Gasteiger partial charge on any atom is 0.269 e. The van der Waals surface area contributed by atoms with Crippen LogP contribution in [0.15, 0.2) is 45.3 Å². The number of nitrogens with zero attached hydrogens (tertiary/aromatic N) is 5. The van der Waals surface area contributed by atoms with Crippen molar-refractivity contribution in [1.29, 1.82) is 0 Å². The minimum Gasteiger partial charge on any atom is -0.419 e. The summed E-state index contributed by atoms with van der Waals surface area (Å²) in [5, 5.41) is 17.2. The Hall–Kier alpha value is -2.93. The molecule has 8 heteroatoms. The molecule has 0 aliphatic heterocycles. The van der Waals surface area contributed by atoms with Crippen molar-refractivity contribution in [3.05, 3.63) is 58.7 Å². The second-order valence-corrected chi connectivity index (χ2v) is 6.28. The number of aromatic nitrogens is 5. The molecule has 0 aliphatic carbocycles. The zero-order valence-electron chi connectivity index (χ0n) is 14.3. The largest absolute Gasteiger partial charge is 0.419 e. The van der Waals surface area contributed by atoms with Crippen LogP contribution in [0.1, 0.15) is 17.3 Å². The standard InChI is InChI=1S/C18H16ClN5O2/c1-11-17(19)12(2)24(22-11)9-8-16-20-21-18(25-16)14-10-15(26-23-14)13-6-4-3-5-7-13/h3-7,10H,8-9H2,1-2H3. The summed E-state index contributed by atoms with van der Waals surface area (Å²) in [6.07, 6.45) is 0.550. The highest BCUT2D eigenvalue weighted by atomic mass is 35.5. The monoisotopic (exact) mass is 369 g/mol. The average molecular weight is 370 g/mol. The molecule has 0 bridgehead atoms. The highest BCUT2D eigenvalue weighted by Crippen LogP contribution is 2.25. The first-order chi connectivity index (χ1) is 12.6. The number of rotatable bonds is 5. The van der Waals surface area contributed by atoms with Crippen LogP contribution in [0.3, 0.4) is 0 Å². The third-order valence-corrected chi connectivity index (χ3v) is 4.63. The highest BCUT2D eigenvalue weighted by molar-refractivity contribution is 6.31. The maximum absolute atomic E-state index is 6.16. The van der Waals surface area contributed by atoms with E-state index in [0.29, 0.717) is 41.2 Å². The molecule has 0 atom stereocenters. The Morgan fingerprint density at radius 1 is 1.12 bits per heavy atom. The number of hydrogen-bond donors (Lipinski definition) is 0. The van der Waals surface area contributed by atoms with E-state index in [9.17, 15) is 0 Å². The van der Waals surface area contributed by atoms with Gasteiger partial charge >= 0.3 is 0 Å². The molecule has 0 aliphatic rings. The molecule has 132 valence electrons. The van der Waals surface area contributed by atoms with Crippen LogP contribution in [0, 0.1) is 13.8 Å². The minimum absolute atomic E-state index is 0.331. The first kappa shape index (κ1) is 16.5. The van der Waals surface area contributed by atoms with Crippen molar-refractivity contribution in [3.63, 3.8) is 0 Å². The summed E-state index contributed by atoms with van der Waals surface area (Å²) in [4.78, 5) is 0. The number of benzene rings is 1. The molecular formula is C18H16ClN5O2. The fraction of sp³-hybridized carbons (Fsp3) is 0.222. The Labute approximate surface area is 154 Å². The molecule has 0 amide bonds. The van der Waals surface area contributed by atoms with Crippen molar-refractivity contribution in [1.82, 2.24) is 25.1 Å². The lowest BCUT2D eigenvalue weighted by molar-refractivity contribution is 0.427. The van der Waals surface area contributed by atoms with E-state index in [1.807, 2.05) is 48.9 Å². The average Bonchev–Trinajstić information content (AvgIpc) is 3.37. The predicted octanol–water partition coefficient (Wildman–Crippen LogP) is 4.10. The van der Waals surface area contributed by atoms with E-state index in [-0.39, 0.29) is 0 Å². The molecular weight excluding hydrogens is 354 g/mol. The van der Waals surface area contributed by atoms with Crippen LogP contribution in [0.25, 0.3) is 22.9 Å². The molecule has 3 heterocycles. The molecule has 4 rings (SSSR count). The summed E-state index contributed by atoms with van der Waals surface area (Å²) < 4.78 is 12.9. The van der Waals surface area contributed by atoms with Gasteiger partial charge in [0.2, 0.25) is 5.89 Å². The molecule has 0 fully saturated rings. The summed E-state index contributed by atoms with van der Waals surface area (Å²) in [6, 6.07) is 11.5. The van der Waals surface area contributed by atoms with Crippen LogP contribution < -0.4 is 0 Å². The lowest BCUT2D eigenvalue weighted by atomic mass is 10.2. The first-order valence-corrected chi connectivity index (χ1v) is 8.54. The molecule has 0 N–H and O–H groups in total. The topological polar surface area (TPSA) is 82.8 Å². The summed E-state index contributed by atoms with van der Waals surface area (Å²) in [5.74, 6) is 1.49. The van der Waals surface area contributed by atoms with Crippen molar-refractivity contribution >= 4 is 11.6 Å². The Bertz CT molecular complexity index is 1040. The second kappa shape index (κ2) is 6.76. The Balaban J connectivity index is 1.48. The van der Waals surface area contributed by atoms with Gasteiger partial charge in [-0.3, -0.25) is 4.68 Å². The van der Waals surface area contributed by atoms with E-state index in [2.05, 4.69) is 20.5 Å². The van der Waals surface area contributed by atoms with Gasteiger partial charge in [-0.25, -0.2) is 0 Å². The fourth-order valence-corrected chi connectivity index (χ4v) is 2.80. The van der Waals surface area contributed by atoms with Crippen LogP contribution in [-0.2, 0) is 13.0 Å². The van der Waals surface area contributed by atoms with Crippen molar-refractivity contribution in [3.8, 4) is 22.9 Å². The van der Waals surface area contributed by atoms with Crippen LogP contribution in [0.4, 0.5) is 0 Å². The van der Waals surface area contributed by atoms with E-state index in [1.54, 1.807) is 6.07 Å². The lowest BCUT2D eigenvalue weighted by Crippen LogP contribution is -2.05. The van der Waals surface area contributed by atoms with Crippen LogP contribution in [-0.4, -0.2) is 25.1 Å². The smallest absolute Gasteiger partial charge is 0.269 e. The summed E-state index contributed by atoms with van der Waals surface area (Å²) in [6.45, 7) is 4.42. The molecule has 7 nitrogen and oxygen atoms in total. The van der Waals surface area contributed by atoms with Gasteiger partial charge in [0.05, 0.1) is 16.4 Å². The zero-order valence-corrected chi connectivity index (χ0v) is 15.1. The van der Waals surface area contributed by atoms with Crippen LogP contribution in [0.2, 0.25) is 5.02 Å². The third kappa shape index (κ3) is 3.13. The second-order valence-electron chi connectivity index (χ2n) is 5.90. The SMILES string of the molecule is Cc1nn(CCc2nnc(-c3cc(-c4ccccc4)on3)o2)c(C)c1Cl. The fourth-order valence-electron chi connectivity index (χ4n) is 2.67. The maximum atomic E-state index is 6.16. The van der Waals surface area contributed by atoms with Gasteiger partial charge < -0.3 is 8.94 Å². The molecule has 26 heavy (non-hydrogen) atoms. The molecule has 4 aromatic rings. The van der Waals surface area contributed by atoms with Crippen molar-refractivity contribution in [2.45, 2.75) is 26.8 Å².